The summed E-state index contributed by atoms with van der Waals surface area (Å²) in [6, 6.07) is 25.1. The van der Waals surface area contributed by atoms with Gasteiger partial charge < -0.3 is 4.90 Å². The number of hydrogen-bond acceptors (Lipinski definition) is 3. The second kappa shape index (κ2) is 9.18. The van der Waals surface area contributed by atoms with E-state index < -0.39 is 0 Å². The normalized spacial score (nSPS) is 9.52. The van der Waals surface area contributed by atoms with Crippen molar-refractivity contribution in [3.05, 3.63) is 90.0 Å². The van der Waals surface area contributed by atoms with Gasteiger partial charge in [-0.2, -0.15) is 0 Å². The molecule has 126 valence electrons. The highest BCUT2D eigenvalue weighted by Gasteiger charge is 1.95. The summed E-state index contributed by atoms with van der Waals surface area (Å²) in [4.78, 5) is 22.7. The number of carbonyl (C=O) groups is 2. The lowest BCUT2D eigenvalue weighted by atomic mass is 10.0. The Labute approximate surface area is 148 Å². The fourth-order valence-corrected chi connectivity index (χ4v) is 2.24. The van der Waals surface area contributed by atoms with Gasteiger partial charge in [-0.3, -0.25) is 9.59 Å². The summed E-state index contributed by atoms with van der Waals surface area (Å²) < 4.78 is 0. The molecular weight excluding hydrogens is 310 g/mol. The van der Waals surface area contributed by atoms with Gasteiger partial charge in [0.25, 0.3) is 0 Å². The predicted octanol–water partition coefficient (Wildman–Crippen LogP) is 4.73. The number of benzene rings is 3. The third-order valence-electron chi connectivity index (χ3n) is 3.70. The monoisotopic (exact) mass is 331 g/mol. The minimum atomic E-state index is 0.713. The number of rotatable bonds is 4. The summed E-state index contributed by atoms with van der Waals surface area (Å²) in [5, 5.41) is 0. The molecule has 0 radical (unpaired) electrons. The molecule has 25 heavy (non-hydrogen) atoms. The van der Waals surface area contributed by atoms with Crippen LogP contribution in [0.15, 0.2) is 78.9 Å². The average molecular weight is 331 g/mol. The van der Waals surface area contributed by atoms with E-state index in [1.54, 1.807) is 0 Å². The van der Waals surface area contributed by atoms with Gasteiger partial charge in [-0.05, 0) is 35.4 Å². The van der Waals surface area contributed by atoms with E-state index in [9.17, 15) is 9.59 Å². The second-order valence-corrected chi connectivity index (χ2v) is 5.71. The van der Waals surface area contributed by atoms with E-state index in [4.69, 9.17) is 0 Å². The molecule has 0 heterocycles. The van der Waals surface area contributed by atoms with Gasteiger partial charge in [0.2, 0.25) is 0 Å². The van der Waals surface area contributed by atoms with Crippen molar-refractivity contribution in [1.82, 2.24) is 0 Å². The molecule has 3 aromatic rings. The van der Waals surface area contributed by atoms with E-state index in [0.717, 1.165) is 29.4 Å². The highest BCUT2D eigenvalue weighted by atomic mass is 16.1. The number of nitrogens with zero attached hydrogens (tertiary/aromatic N) is 1. The fraction of sp³-hybridized carbons (Fsp3) is 0.0909. The molecule has 3 nitrogen and oxygen atoms in total. The lowest BCUT2D eigenvalue weighted by Crippen LogP contribution is -2.08. The predicted molar refractivity (Wildman–Crippen MR) is 103 cm³/mol. The Hall–Kier alpha value is -3.20. The molecule has 0 aromatic heterocycles. The minimum Gasteiger partial charge on any atom is -0.378 e. The summed E-state index contributed by atoms with van der Waals surface area (Å²) in [6.45, 7) is 0. The van der Waals surface area contributed by atoms with Crippen molar-refractivity contribution in [1.29, 1.82) is 0 Å². The van der Waals surface area contributed by atoms with Gasteiger partial charge in [-0.15, -0.1) is 0 Å². The van der Waals surface area contributed by atoms with Gasteiger partial charge in [0.05, 0.1) is 0 Å². The van der Waals surface area contributed by atoms with E-state index in [1.165, 1.54) is 5.56 Å². The molecule has 0 N–H and O–H groups in total. The molecule has 0 aliphatic rings. The maximum atomic E-state index is 10.5. The standard InChI is InChI=1S/C13H10O.C9H11NO/c14-10-11-6-8-13(9-7-11)12-4-2-1-3-5-12;1-10(2)9-5-3-8(7-11)4-6-9/h1-10H;3-7H,1-2H3. The Balaban J connectivity index is 0.000000186. The SMILES string of the molecule is CN(C)c1ccc(C=O)cc1.O=Cc1ccc(-c2ccccc2)cc1. The molecule has 0 bridgehead atoms. The molecule has 0 amide bonds. The first-order valence-electron chi connectivity index (χ1n) is 7.97. The number of hydrogen-bond donors (Lipinski definition) is 0. The molecule has 0 atom stereocenters. The molecule has 0 aliphatic heterocycles. The average Bonchev–Trinajstić information content (AvgIpc) is 2.69. The van der Waals surface area contributed by atoms with Gasteiger partial charge >= 0.3 is 0 Å². The van der Waals surface area contributed by atoms with Gasteiger partial charge in [-0.25, -0.2) is 0 Å². The maximum absolute atomic E-state index is 10.5. The zero-order chi connectivity index (χ0) is 18.1. The molecule has 3 aromatic carbocycles. The van der Waals surface area contributed by atoms with Crippen LogP contribution < -0.4 is 4.90 Å². The Morgan fingerprint density at radius 2 is 1.04 bits per heavy atom. The molecule has 0 spiro atoms. The fourth-order valence-electron chi connectivity index (χ4n) is 2.24. The van der Waals surface area contributed by atoms with Crippen molar-refractivity contribution in [3.63, 3.8) is 0 Å². The Kier molecular flexibility index (Phi) is 6.66. The molecule has 0 unspecified atom stereocenters. The van der Waals surface area contributed by atoms with Crippen LogP contribution in [-0.2, 0) is 0 Å². The summed E-state index contributed by atoms with van der Waals surface area (Å²) in [5.41, 5.74) is 4.84. The minimum absolute atomic E-state index is 0.713. The summed E-state index contributed by atoms with van der Waals surface area (Å²) in [7, 11) is 3.94. The maximum Gasteiger partial charge on any atom is 0.150 e. The van der Waals surface area contributed by atoms with E-state index in [2.05, 4.69) is 12.1 Å². The van der Waals surface area contributed by atoms with Crippen LogP contribution in [0.5, 0.6) is 0 Å². The van der Waals surface area contributed by atoms with Gasteiger partial charge in [0.1, 0.15) is 12.6 Å². The van der Waals surface area contributed by atoms with E-state index in [0.29, 0.717) is 5.56 Å². The Bertz CT molecular complexity index is 792. The third-order valence-corrected chi connectivity index (χ3v) is 3.70. The van der Waals surface area contributed by atoms with Crippen molar-refractivity contribution in [3.8, 4) is 11.1 Å². The van der Waals surface area contributed by atoms with E-state index in [1.807, 2.05) is 85.7 Å². The van der Waals surface area contributed by atoms with Crippen molar-refractivity contribution in [2.75, 3.05) is 19.0 Å². The van der Waals surface area contributed by atoms with Crippen molar-refractivity contribution in [2.45, 2.75) is 0 Å². The van der Waals surface area contributed by atoms with E-state index in [-0.39, 0.29) is 0 Å². The zero-order valence-electron chi connectivity index (χ0n) is 14.4. The van der Waals surface area contributed by atoms with Crippen molar-refractivity contribution >= 4 is 18.3 Å². The summed E-state index contributed by atoms with van der Waals surface area (Å²) in [6.07, 6.45) is 1.70. The lowest BCUT2D eigenvalue weighted by Gasteiger charge is -2.11. The molecule has 0 aliphatic carbocycles. The quantitative estimate of drug-likeness (QED) is 0.649. The Morgan fingerprint density at radius 1 is 0.600 bits per heavy atom. The number of aldehydes is 2. The molecule has 0 fully saturated rings. The molecule has 0 saturated carbocycles. The van der Waals surface area contributed by atoms with E-state index >= 15 is 0 Å². The Morgan fingerprint density at radius 3 is 1.48 bits per heavy atom. The van der Waals surface area contributed by atoms with Gasteiger partial charge in [-0.1, -0.05) is 54.6 Å². The van der Waals surface area contributed by atoms with Crippen LogP contribution in [0.2, 0.25) is 0 Å². The summed E-state index contributed by atoms with van der Waals surface area (Å²) in [5.74, 6) is 0. The first-order valence-corrected chi connectivity index (χ1v) is 7.97. The zero-order valence-corrected chi connectivity index (χ0v) is 14.4. The molecule has 3 rings (SSSR count). The van der Waals surface area contributed by atoms with Crippen LogP contribution in [0, 0.1) is 0 Å². The topological polar surface area (TPSA) is 37.4 Å². The molecular formula is C22H21NO2. The van der Waals surface area contributed by atoms with Crippen LogP contribution >= 0.6 is 0 Å². The summed E-state index contributed by atoms with van der Waals surface area (Å²) >= 11 is 0. The largest absolute Gasteiger partial charge is 0.378 e. The van der Waals surface area contributed by atoms with Gasteiger partial charge in [0.15, 0.2) is 0 Å². The van der Waals surface area contributed by atoms with Gasteiger partial charge in [0, 0.05) is 30.9 Å². The smallest absolute Gasteiger partial charge is 0.150 e. The lowest BCUT2D eigenvalue weighted by molar-refractivity contribution is 0.111. The van der Waals surface area contributed by atoms with Crippen LogP contribution in [0.4, 0.5) is 5.69 Å². The molecule has 3 heteroatoms. The van der Waals surface area contributed by atoms with Crippen LogP contribution in [0.3, 0.4) is 0 Å². The van der Waals surface area contributed by atoms with Crippen LogP contribution in [0.1, 0.15) is 20.7 Å². The third kappa shape index (κ3) is 5.43. The molecule has 0 saturated heterocycles. The van der Waals surface area contributed by atoms with Crippen LogP contribution in [0.25, 0.3) is 11.1 Å². The second-order valence-electron chi connectivity index (χ2n) is 5.71. The van der Waals surface area contributed by atoms with Crippen molar-refractivity contribution in [2.24, 2.45) is 0 Å². The highest BCUT2D eigenvalue weighted by Crippen LogP contribution is 2.18. The highest BCUT2D eigenvalue weighted by molar-refractivity contribution is 5.77. The number of carbonyl (C=O) groups excluding carboxylic acids is 2. The first-order chi connectivity index (χ1) is 12.1. The van der Waals surface area contributed by atoms with Crippen molar-refractivity contribution < 1.29 is 9.59 Å². The van der Waals surface area contributed by atoms with Crippen LogP contribution in [-0.4, -0.2) is 26.7 Å². The number of anilines is 1. The first kappa shape index (κ1) is 18.1.